The van der Waals surface area contributed by atoms with Crippen LogP contribution in [-0.4, -0.2) is 38.0 Å². The molecule has 5 heteroatoms. The number of hydrogen-bond donors (Lipinski definition) is 2. The van der Waals surface area contributed by atoms with E-state index in [1.807, 2.05) is 14.1 Å². The van der Waals surface area contributed by atoms with Crippen LogP contribution in [0.3, 0.4) is 0 Å². The van der Waals surface area contributed by atoms with E-state index < -0.39 is 0 Å². The summed E-state index contributed by atoms with van der Waals surface area (Å²) in [7, 11) is 4.04. The molecule has 102 valence electrons. The minimum atomic E-state index is -0.120. The molecule has 0 atom stereocenters. The van der Waals surface area contributed by atoms with Crippen molar-refractivity contribution < 1.29 is 9.21 Å². The Balaban J connectivity index is 2.50. The molecule has 1 aromatic heterocycles. The van der Waals surface area contributed by atoms with Crippen molar-refractivity contribution in [1.29, 1.82) is 0 Å². The molecule has 0 aliphatic carbocycles. The molecule has 0 spiro atoms. The molecule has 1 amide bonds. The molecule has 1 heterocycles. The fourth-order valence-electron chi connectivity index (χ4n) is 1.94. The van der Waals surface area contributed by atoms with E-state index in [-0.39, 0.29) is 11.3 Å². The van der Waals surface area contributed by atoms with Gasteiger partial charge in [-0.25, -0.2) is 0 Å². The lowest BCUT2D eigenvalue weighted by atomic mass is 9.93. The van der Waals surface area contributed by atoms with E-state index in [4.69, 9.17) is 10.2 Å². The normalized spacial score (nSPS) is 11.9. The maximum absolute atomic E-state index is 11.9. The third-order valence-electron chi connectivity index (χ3n) is 2.59. The monoisotopic (exact) mass is 253 g/mol. The van der Waals surface area contributed by atoms with Crippen LogP contribution in [0.25, 0.3) is 0 Å². The van der Waals surface area contributed by atoms with Crippen LogP contribution in [0, 0.1) is 5.41 Å². The van der Waals surface area contributed by atoms with Crippen molar-refractivity contribution in [1.82, 2.24) is 10.2 Å². The van der Waals surface area contributed by atoms with Crippen molar-refractivity contribution in [2.24, 2.45) is 11.1 Å². The molecule has 3 N–H and O–H groups in total. The number of nitrogens with one attached hydrogen (secondary N) is 1. The van der Waals surface area contributed by atoms with Gasteiger partial charge in [-0.1, -0.05) is 13.8 Å². The lowest BCUT2D eigenvalue weighted by Gasteiger charge is -2.28. The van der Waals surface area contributed by atoms with Gasteiger partial charge in [-0.15, -0.1) is 0 Å². The van der Waals surface area contributed by atoms with Crippen LogP contribution in [0.2, 0.25) is 0 Å². The highest BCUT2D eigenvalue weighted by Gasteiger charge is 2.20. The summed E-state index contributed by atoms with van der Waals surface area (Å²) < 4.78 is 5.14. The summed E-state index contributed by atoms with van der Waals surface area (Å²) in [6.07, 6.45) is 1.44. The quantitative estimate of drug-likeness (QED) is 0.795. The van der Waals surface area contributed by atoms with Crippen LogP contribution in [0.5, 0.6) is 0 Å². The summed E-state index contributed by atoms with van der Waals surface area (Å²) in [6.45, 7) is 6.07. The van der Waals surface area contributed by atoms with E-state index in [1.54, 1.807) is 6.07 Å². The molecule has 1 aromatic rings. The lowest BCUT2D eigenvalue weighted by molar-refractivity contribution is 0.0928. The summed E-state index contributed by atoms with van der Waals surface area (Å²) in [4.78, 5) is 14.0. The average Bonchev–Trinajstić information content (AvgIpc) is 2.72. The van der Waals surface area contributed by atoms with Crippen molar-refractivity contribution in [3.8, 4) is 0 Å². The van der Waals surface area contributed by atoms with Gasteiger partial charge in [-0.3, -0.25) is 4.79 Å². The van der Waals surface area contributed by atoms with Crippen LogP contribution in [0.15, 0.2) is 16.7 Å². The summed E-state index contributed by atoms with van der Waals surface area (Å²) in [5, 5.41) is 2.92. The molecule has 0 bridgehead atoms. The first-order valence-electron chi connectivity index (χ1n) is 6.04. The first-order valence-corrected chi connectivity index (χ1v) is 6.04. The molecular formula is C13H23N3O2. The number of hydrogen-bond acceptors (Lipinski definition) is 4. The number of rotatable bonds is 6. The lowest BCUT2D eigenvalue weighted by Crippen LogP contribution is -2.39. The highest BCUT2D eigenvalue weighted by atomic mass is 16.3. The summed E-state index contributed by atoms with van der Waals surface area (Å²) in [5.41, 5.74) is 5.98. The Hall–Kier alpha value is -1.33. The maximum atomic E-state index is 11.9. The average molecular weight is 253 g/mol. The van der Waals surface area contributed by atoms with Gasteiger partial charge in [0.1, 0.15) is 12.0 Å². The van der Waals surface area contributed by atoms with E-state index >= 15 is 0 Å². The maximum Gasteiger partial charge on any atom is 0.254 e. The molecular weight excluding hydrogens is 230 g/mol. The zero-order chi connectivity index (χ0) is 13.8. The molecule has 18 heavy (non-hydrogen) atoms. The predicted octanol–water partition coefficient (Wildman–Crippen LogP) is 1.06. The predicted molar refractivity (Wildman–Crippen MR) is 71.3 cm³/mol. The Kier molecular flexibility index (Phi) is 4.93. The van der Waals surface area contributed by atoms with Crippen molar-refractivity contribution in [2.75, 3.05) is 27.2 Å². The van der Waals surface area contributed by atoms with Gasteiger partial charge in [-0.2, -0.15) is 0 Å². The standard InChI is InChI=1S/C13H23N3O2/c1-13(2,9-16(3)4)8-15-12(17)10-5-11(6-14)18-7-10/h5,7H,6,8-9,14H2,1-4H3,(H,15,17). The van der Waals surface area contributed by atoms with Crippen molar-refractivity contribution in [3.05, 3.63) is 23.7 Å². The molecule has 0 fully saturated rings. The Labute approximate surface area is 108 Å². The highest BCUT2D eigenvalue weighted by Crippen LogP contribution is 2.15. The molecule has 1 rings (SSSR count). The van der Waals surface area contributed by atoms with Crippen LogP contribution < -0.4 is 11.1 Å². The third-order valence-corrected chi connectivity index (χ3v) is 2.59. The second kappa shape index (κ2) is 6.02. The first-order chi connectivity index (χ1) is 8.34. The summed E-state index contributed by atoms with van der Waals surface area (Å²) >= 11 is 0. The number of furan rings is 1. The fraction of sp³-hybridized carbons (Fsp3) is 0.615. The Bertz CT molecular complexity index is 397. The molecule has 0 aliphatic heterocycles. The zero-order valence-electron chi connectivity index (χ0n) is 11.6. The van der Waals surface area contributed by atoms with E-state index in [2.05, 4.69) is 24.1 Å². The number of nitrogens with zero attached hydrogens (tertiary/aromatic N) is 1. The second-order valence-electron chi connectivity index (χ2n) is 5.59. The molecule has 0 aromatic carbocycles. The van der Waals surface area contributed by atoms with E-state index in [1.165, 1.54) is 6.26 Å². The highest BCUT2D eigenvalue weighted by molar-refractivity contribution is 5.93. The number of nitrogens with two attached hydrogens (primary N) is 1. The van der Waals surface area contributed by atoms with Crippen molar-refractivity contribution in [3.63, 3.8) is 0 Å². The number of carbonyl (C=O) groups is 1. The Morgan fingerprint density at radius 3 is 2.67 bits per heavy atom. The smallest absolute Gasteiger partial charge is 0.254 e. The van der Waals surface area contributed by atoms with Gasteiger partial charge < -0.3 is 20.4 Å². The number of amides is 1. The van der Waals surface area contributed by atoms with Crippen LogP contribution in [0.1, 0.15) is 30.0 Å². The molecule has 0 saturated carbocycles. The van der Waals surface area contributed by atoms with Gasteiger partial charge in [0.05, 0.1) is 12.1 Å². The van der Waals surface area contributed by atoms with Gasteiger partial charge in [0.15, 0.2) is 0 Å². The zero-order valence-corrected chi connectivity index (χ0v) is 11.6. The molecule has 0 saturated heterocycles. The van der Waals surface area contributed by atoms with E-state index in [9.17, 15) is 4.79 Å². The van der Waals surface area contributed by atoms with E-state index in [0.29, 0.717) is 24.4 Å². The largest absolute Gasteiger partial charge is 0.467 e. The van der Waals surface area contributed by atoms with Crippen LogP contribution in [-0.2, 0) is 6.54 Å². The van der Waals surface area contributed by atoms with Gasteiger partial charge >= 0.3 is 0 Å². The van der Waals surface area contributed by atoms with Gasteiger partial charge in [-0.05, 0) is 25.6 Å². The van der Waals surface area contributed by atoms with Crippen molar-refractivity contribution in [2.45, 2.75) is 20.4 Å². The third kappa shape index (κ3) is 4.50. The van der Waals surface area contributed by atoms with E-state index in [0.717, 1.165) is 6.54 Å². The number of carbonyl (C=O) groups excluding carboxylic acids is 1. The molecule has 5 nitrogen and oxygen atoms in total. The van der Waals surface area contributed by atoms with Crippen LogP contribution >= 0.6 is 0 Å². The minimum absolute atomic E-state index is 0.0274. The molecule has 0 aliphatic rings. The van der Waals surface area contributed by atoms with Gasteiger partial charge in [0, 0.05) is 13.1 Å². The van der Waals surface area contributed by atoms with Gasteiger partial charge in [0.2, 0.25) is 0 Å². The van der Waals surface area contributed by atoms with Gasteiger partial charge in [0.25, 0.3) is 5.91 Å². The Morgan fingerprint density at radius 1 is 1.50 bits per heavy atom. The topological polar surface area (TPSA) is 71.5 Å². The van der Waals surface area contributed by atoms with Crippen molar-refractivity contribution >= 4 is 5.91 Å². The fourth-order valence-corrected chi connectivity index (χ4v) is 1.94. The summed E-state index contributed by atoms with van der Waals surface area (Å²) in [6, 6.07) is 1.67. The molecule has 0 radical (unpaired) electrons. The summed E-state index contributed by atoms with van der Waals surface area (Å²) in [5.74, 6) is 0.498. The van der Waals surface area contributed by atoms with Crippen LogP contribution in [0.4, 0.5) is 0 Å². The Morgan fingerprint density at radius 2 is 2.17 bits per heavy atom. The second-order valence-corrected chi connectivity index (χ2v) is 5.59. The SMILES string of the molecule is CN(C)CC(C)(C)CNC(=O)c1coc(CN)c1. The first kappa shape index (κ1) is 14.7. The minimum Gasteiger partial charge on any atom is -0.467 e. The molecule has 0 unspecified atom stereocenters.